The highest BCUT2D eigenvalue weighted by Crippen LogP contribution is 2.35. The van der Waals surface area contributed by atoms with Gasteiger partial charge < -0.3 is 10.1 Å². The number of carbonyl (C=O) groups excluding carboxylic acids is 1. The maximum Gasteiger partial charge on any atom is 0.238 e. The number of para-hydroxylation sites is 1. The van der Waals surface area contributed by atoms with E-state index in [1.54, 1.807) is 11.8 Å². The minimum Gasteiger partial charge on any atom is -0.492 e. The number of benzene rings is 3. The summed E-state index contributed by atoms with van der Waals surface area (Å²) < 4.78 is 5.64. The van der Waals surface area contributed by atoms with E-state index in [2.05, 4.69) is 5.32 Å². The molecule has 3 aromatic carbocycles. The van der Waals surface area contributed by atoms with Crippen molar-refractivity contribution in [3.05, 3.63) is 96.6 Å². The minimum absolute atomic E-state index is 0.0123. The van der Waals surface area contributed by atoms with Crippen molar-refractivity contribution < 1.29 is 9.53 Å². The number of carbonyl (C=O) groups is 1. The van der Waals surface area contributed by atoms with Gasteiger partial charge in [0.2, 0.25) is 5.91 Å². The zero-order valence-electron chi connectivity index (χ0n) is 14.4. The third-order valence-electron chi connectivity index (χ3n) is 3.75. The Morgan fingerprint density at radius 2 is 1.42 bits per heavy atom. The zero-order valence-corrected chi connectivity index (χ0v) is 15.2. The van der Waals surface area contributed by atoms with Crippen LogP contribution in [0.1, 0.15) is 10.8 Å². The molecule has 0 saturated carbocycles. The minimum atomic E-state index is -0.296. The summed E-state index contributed by atoms with van der Waals surface area (Å²) in [4.78, 5) is 13.8. The van der Waals surface area contributed by atoms with E-state index in [1.165, 1.54) is 0 Å². The summed E-state index contributed by atoms with van der Waals surface area (Å²) in [6.07, 6.45) is 0. The van der Waals surface area contributed by atoms with Crippen LogP contribution in [-0.2, 0) is 4.79 Å². The number of hydrogen-bond acceptors (Lipinski definition) is 3. The molecule has 0 aliphatic rings. The van der Waals surface area contributed by atoms with Gasteiger partial charge in [-0.15, -0.1) is 11.8 Å². The standard InChI is InChI=1S/C22H21NO2S/c24-22(23-16-17-25-19-12-6-2-7-13-19)21(18-10-4-1-5-11-18)26-20-14-8-3-9-15-20/h1-15,21H,16-17H2,(H,23,24). The van der Waals surface area contributed by atoms with Gasteiger partial charge in [0.25, 0.3) is 0 Å². The Labute approximate surface area is 158 Å². The highest BCUT2D eigenvalue weighted by Gasteiger charge is 2.21. The molecule has 0 saturated heterocycles. The summed E-state index contributed by atoms with van der Waals surface area (Å²) in [5.74, 6) is 0.793. The molecule has 0 aliphatic carbocycles. The first kappa shape index (κ1) is 18.1. The molecule has 0 aliphatic heterocycles. The predicted octanol–water partition coefficient (Wildman–Crippen LogP) is 4.72. The van der Waals surface area contributed by atoms with Gasteiger partial charge in [-0.25, -0.2) is 0 Å². The van der Waals surface area contributed by atoms with Crippen LogP contribution in [-0.4, -0.2) is 19.1 Å². The lowest BCUT2D eigenvalue weighted by Crippen LogP contribution is -2.31. The van der Waals surface area contributed by atoms with E-state index < -0.39 is 0 Å². The second-order valence-electron chi connectivity index (χ2n) is 5.67. The average molecular weight is 363 g/mol. The van der Waals surface area contributed by atoms with E-state index in [0.29, 0.717) is 13.2 Å². The van der Waals surface area contributed by atoms with E-state index in [1.807, 2.05) is 91.0 Å². The van der Waals surface area contributed by atoms with Crippen LogP contribution >= 0.6 is 11.8 Å². The van der Waals surface area contributed by atoms with Crippen molar-refractivity contribution in [3.63, 3.8) is 0 Å². The molecule has 0 fully saturated rings. The fourth-order valence-corrected chi connectivity index (χ4v) is 3.56. The molecular formula is C22H21NO2S. The fourth-order valence-electron chi connectivity index (χ4n) is 2.49. The Morgan fingerprint density at radius 3 is 2.08 bits per heavy atom. The molecule has 0 bridgehead atoms. The second kappa shape index (κ2) is 9.68. The summed E-state index contributed by atoms with van der Waals surface area (Å²) in [6.45, 7) is 0.902. The molecule has 1 atom stereocenters. The molecule has 3 aromatic rings. The van der Waals surface area contributed by atoms with Crippen molar-refractivity contribution in [2.75, 3.05) is 13.2 Å². The Bertz CT molecular complexity index is 794. The lowest BCUT2D eigenvalue weighted by Gasteiger charge is -2.17. The van der Waals surface area contributed by atoms with E-state index >= 15 is 0 Å². The molecule has 0 spiro atoms. The summed E-state index contributed by atoms with van der Waals surface area (Å²) in [7, 11) is 0. The first-order chi connectivity index (χ1) is 12.8. The molecule has 26 heavy (non-hydrogen) atoms. The van der Waals surface area contributed by atoms with Crippen LogP contribution in [0.2, 0.25) is 0 Å². The quantitative estimate of drug-likeness (QED) is 0.465. The smallest absolute Gasteiger partial charge is 0.238 e. The van der Waals surface area contributed by atoms with Gasteiger partial charge in [0.15, 0.2) is 0 Å². The van der Waals surface area contributed by atoms with Gasteiger partial charge in [0, 0.05) is 4.90 Å². The largest absolute Gasteiger partial charge is 0.492 e. The molecule has 132 valence electrons. The molecule has 4 heteroatoms. The van der Waals surface area contributed by atoms with Gasteiger partial charge in [-0.1, -0.05) is 66.7 Å². The van der Waals surface area contributed by atoms with E-state index in [-0.39, 0.29) is 11.2 Å². The first-order valence-corrected chi connectivity index (χ1v) is 9.43. The predicted molar refractivity (Wildman–Crippen MR) is 106 cm³/mol. The van der Waals surface area contributed by atoms with Gasteiger partial charge in [0.1, 0.15) is 17.6 Å². The van der Waals surface area contributed by atoms with Gasteiger partial charge in [-0.3, -0.25) is 4.79 Å². The van der Waals surface area contributed by atoms with E-state index in [9.17, 15) is 4.79 Å². The van der Waals surface area contributed by atoms with Gasteiger partial charge >= 0.3 is 0 Å². The van der Waals surface area contributed by atoms with Crippen LogP contribution < -0.4 is 10.1 Å². The summed E-state index contributed by atoms with van der Waals surface area (Å²) in [6, 6.07) is 29.4. The lowest BCUT2D eigenvalue weighted by molar-refractivity contribution is -0.120. The number of hydrogen-bond donors (Lipinski definition) is 1. The first-order valence-electron chi connectivity index (χ1n) is 8.55. The second-order valence-corrected chi connectivity index (χ2v) is 6.85. The molecule has 0 heterocycles. The average Bonchev–Trinajstić information content (AvgIpc) is 2.71. The van der Waals surface area contributed by atoms with Crippen LogP contribution in [0.4, 0.5) is 0 Å². The topological polar surface area (TPSA) is 38.3 Å². The Morgan fingerprint density at radius 1 is 0.846 bits per heavy atom. The number of thioether (sulfide) groups is 1. The van der Waals surface area contributed by atoms with Gasteiger partial charge in [-0.2, -0.15) is 0 Å². The maximum atomic E-state index is 12.8. The maximum absolute atomic E-state index is 12.8. The summed E-state index contributed by atoms with van der Waals surface area (Å²) in [5, 5.41) is 2.69. The van der Waals surface area contributed by atoms with Crippen molar-refractivity contribution >= 4 is 17.7 Å². The Balaban J connectivity index is 1.59. The molecule has 1 amide bonds. The molecular weight excluding hydrogens is 342 g/mol. The number of rotatable bonds is 8. The van der Waals surface area contributed by atoms with Crippen molar-refractivity contribution in [1.29, 1.82) is 0 Å². The van der Waals surface area contributed by atoms with Gasteiger partial charge in [0.05, 0.1) is 6.54 Å². The summed E-state index contributed by atoms with van der Waals surface area (Å²) in [5.41, 5.74) is 0.989. The van der Waals surface area contributed by atoms with Crippen molar-refractivity contribution in [2.45, 2.75) is 10.1 Å². The van der Waals surface area contributed by atoms with E-state index in [0.717, 1.165) is 16.2 Å². The molecule has 1 N–H and O–H groups in total. The number of amides is 1. The molecule has 1 unspecified atom stereocenters. The molecule has 0 aromatic heterocycles. The normalized spacial score (nSPS) is 11.5. The number of nitrogens with one attached hydrogen (secondary N) is 1. The van der Waals surface area contributed by atoms with Crippen LogP contribution in [0.25, 0.3) is 0 Å². The SMILES string of the molecule is O=C(NCCOc1ccccc1)C(Sc1ccccc1)c1ccccc1. The van der Waals surface area contributed by atoms with Crippen molar-refractivity contribution in [1.82, 2.24) is 5.32 Å². The van der Waals surface area contributed by atoms with Crippen molar-refractivity contribution in [3.8, 4) is 5.75 Å². The molecule has 3 nitrogen and oxygen atoms in total. The molecule has 3 rings (SSSR count). The zero-order chi connectivity index (χ0) is 18.0. The molecule has 0 radical (unpaired) electrons. The van der Waals surface area contributed by atoms with E-state index in [4.69, 9.17) is 4.74 Å². The lowest BCUT2D eigenvalue weighted by atomic mass is 10.1. The highest BCUT2D eigenvalue weighted by molar-refractivity contribution is 8.00. The Hall–Kier alpha value is -2.72. The Kier molecular flexibility index (Phi) is 6.73. The highest BCUT2D eigenvalue weighted by atomic mass is 32.2. The third-order valence-corrected chi connectivity index (χ3v) is 5.02. The monoisotopic (exact) mass is 363 g/mol. The third kappa shape index (κ3) is 5.39. The van der Waals surface area contributed by atoms with Crippen LogP contribution in [0.5, 0.6) is 5.75 Å². The fraction of sp³-hybridized carbons (Fsp3) is 0.136. The number of ether oxygens (including phenoxy) is 1. The van der Waals surface area contributed by atoms with Crippen molar-refractivity contribution in [2.24, 2.45) is 0 Å². The summed E-state index contributed by atoms with van der Waals surface area (Å²) >= 11 is 1.55. The van der Waals surface area contributed by atoms with Gasteiger partial charge in [-0.05, 0) is 29.8 Å². The van der Waals surface area contributed by atoms with Crippen LogP contribution in [0.3, 0.4) is 0 Å². The van der Waals surface area contributed by atoms with Crippen LogP contribution in [0.15, 0.2) is 95.9 Å². The van der Waals surface area contributed by atoms with Crippen LogP contribution in [0, 0.1) is 0 Å².